The topological polar surface area (TPSA) is 88.6 Å². The maximum atomic E-state index is 15.3. The summed E-state index contributed by atoms with van der Waals surface area (Å²) in [5.74, 6) is -2.19. The third-order valence-corrected chi connectivity index (χ3v) is 7.88. The number of hydrogen-bond donors (Lipinski definition) is 2. The molecule has 4 heterocycles. The first-order valence-electron chi connectivity index (χ1n) is 15.1. The van der Waals surface area contributed by atoms with E-state index in [2.05, 4.69) is 32.4 Å². The predicted octanol–water partition coefficient (Wildman–Crippen LogP) is 6.81. The number of benzene rings is 1. The van der Waals surface area contributed by atoms with E-state index in [-0.39, 0.29) is 24.2 Å². The molecule has 44 heavy (non-hydrogen) atoms. The fourth-order valence-electron chi connectivity index (χ4n) is 5.95. The van der Waals surface area contributed by atoms with Crippen LogP contribution in [-0.4, -0.2) is 54.0 Å². The number of carbonyl (C=O) groups excluding carboxylic acids is 1. The van der Waals surface area contributed by atoms with Crippen molar-refractivity contribution < 1.29 is 27.4 Å². The monoisotopic (exact) mass is 611 g/mol. The maximum Gasteiger partial charge on any atom is 0.407 e. The summed E-state index contributed by atoms with van der Waals surface area (Å²) in [6, 6.07) is 7.00. The number of halogens is 3. The van der Waals surface area contributed by atoms with Crippen molar-refractivity contribution in [1.82, 2.24) is 15.3 Å². The summed E-state index contributed by atoms with van der Waals surface area (Å²) < 4.78 is 56.2. The molecular weight excluding hydrogens is 571 g/mol. The van der Waals surface area contributed by atoms with Gasteiger partial charge in [-0.05, 0) is 87.8 Å². The molecule has 2 aromatic heterocycles. The van der Waals surface area contributed by atoms with Crippen LogP contribution in [0.3, 0.4) is 0 Å². The molecule has 8 nitrogen and oxygen atoms in total. The van der Waals surface area contributed by atoms with E-state index >= 15 is 8.78 Å². The van der Waals surface area contributed by atoms with Crippen LogP contribution in [0, 0.1) is 23.4 Å². The van der Waals surface area contributed by atoms with Crippen molar-refractivity contribution in [2.75, 3.05) is 36.5 Å². The van der Waals surface area contributed by atoms with Crippen LogP contribution in [0.15, 0.2) is 42.7 Å². The average Bonchev–Trinajstić information content (AvgIpc) is 2.96. The van der Waals surface area contributed by atoms with Crippen molar-refractivity contribution in [1.29, 1.82) is 0 Å². The number of pyridine rings is 2. The van der Waals surface area contributed by atoms with E-state index < -0.39 is 34.7 Å². The molecule has 0 bridgehead atoms. The Morgan fingerprint density at radius 1 is 1.07 bits per heavy atom. The zero-order valence-electron chi connectivity index (χ0n) is 25.6. The Morgan fingerprint density at radius 2 is 1.80 bits per heavy atom. The van der Waals surface area contributed by atoms with Crippen molar-refractivity contribution in [3.05, 3.63) is 71.4 Å². The Morgan fingerprint density at radius 3 is 2.50 bits per heavy atom. The molecule has 5 rings (SSSR count). The van der Waals surface area contributed by atoms with Crippen LogP contribution >= 0.6 is 0 Å². The van der Waals surface area contributed by atoms with Crippen LogP contribution in [0.4, 0.5) is 29.3 Å². The second-order valence-electron chi connectivity index (χ2n) is 12.7. The average molecular weight is 612 g/mol. The molecule has 11 heteroatoms. The number of ether oxygens (including phenoxy) is 2. The van der Waals surface area contributed by atoms with Gasteiger partial charge < -0.3 is 25.0 Å². The normalized spacial score (nSPS) is 19.5. The van der Waals surface area contributed by atoms with E-state index in [9.17, 15) is 9.18 Å². The summed E-state index contributed by atoms with van der Waals surface area (Å²) in [5.41, 5.74) is 1.10. The molecule has 2 unspecified atom stereocenters. The Balaban J connectivity index is 1.31. The van der Waals surface area contributed by atoms with E-state index in [1.54, 1.807) is 12.4 Å². The number of aromatic nitrogens is 2. The molecule has 0 saturated carbocycles. The van der Waals surface area contributed by atoms with Gasteiger partial charge in [-0.3, -0.25) is 4.98 Å². The van der Waals surface area contributed by atoms with Gasteiger partial charge in [0.25, 0.3) is 0 Å². The lowest BCUT2D eigenvalue weighted by atomic mass is 9.90. The molecule has 2 aliphatic rings. The Labute approximate surface area is 256 Å². The van der Waals surface area contributed by atoms with E-state index in [1.807, 2.05) is 26.8 Å². The van der Waals surface area contributed by atoms with Crippen LogP contribution in [0.2, 0.25) is 0 Å². The number of piperidine rings is 1. The molecule has 2 N–H and O–H groups in total. The Bertz CT molecular complexity index is 1450. The molecule has 3 aromatic rings. The van der Waals surface area contributed by atoms with Gasteiger partial charge in [0, 0.05) is 38.5 Å². The summed E-state index contributed by atoms with van der Waals surface area (Å²) in [7, 11) is 0. The van der Waals surface area contributed by atoms with Gasteiger partial charge in [-0.2, -0.15) is 0 Å². The number of anilines is 2. The first-order chi connectivity index (χ1) is 21.0. The predicted molar refractivity (Wildman–Crippen MR) is 163 cm³/mol. The summed E-state index contributed by atoms with van der Waals surface area (Å²) >= 11 is 0. The van der Waals surface area contributed by atoms with Crippen molar-refractivity contribution in [2.24, 2.45) is 5.92 Å². The largest absolute Gasteiger partial charge is 0.444 e. The number of rotatable bonds is 7. The fraction of sp³-hybridized carbons (Fsp3) is 0.485. The molecule has 0 radical (unpaired) electrons. The van der Waals surface area contributed by atoms with Gasteiger partial charge in [0.2, 0.25) is 0 Å². The number of hydrogen-bond acceptors (Lipinski definition) is 7. The Kier molecular flexibility index (Phi) is 9.62. The third kappa shape index (κ3) is 7.80. The quantitative estimate of drug-likeness (QED) is 0.304. The minimum Gasteiger partial charge on any atom is -0.444 e. The summed E-state index contributed by atoms with van der Waals surface area (Å²) in [6.07, 6.45) is 5.10. The fourth-order valence-corrected chi connectivity index (χ4v) is 5.95. The zero-order valence-corrected chi connectivity index (χ0v) is 25.6. The van der Waals surface area contributed by atoms with Gasteiger partial charge in [0.1, 0.15) is 28.7 Å². The van der Waals surface area contributed by atoms with Gasteiger partial charge in [-0.15, -0.1) is 0 Å². The highest BCUT2D eigenvalue weighted by Crippen LogP contribution is 2.34. The lowest BCUT2D eigenvalue weighted by Crippen LogP contribution is -2.51. The second kappa shape index (κ2) is 13.4. The number of nitrogens with one attached hydrogen (secondary N) is 2. The highest BCUT2D eigenvalue weighted by atomic mass is 19.1. The third-order valence-electron chi connectivity index (χ3n) is 7.88. The van der Waals surface area contributed by atoms with Crippen molar-refractivity contribution in [2.45, 2.75) is 71.1 Å². The molecule has 1 amide bonds. The molecule has 2 fully saturated rings. The first-order valence-corrected chi connectivity index (χ1v) is 15.1. The van der Waals surface area contributed by atoms with E-state index in [0.29, 0.717) is 55.5 Å². The number of carbonyl (C=O) groups is 1. The second-order valence-corrected chi connectivity index (χ2v) is 12.7. The molecule has 1 aromatic carbocycles. The Hall–Kier alpha value is -3.86. The highest BCUT2D eigenvalue weighted by Gasteiger charge is 2.29. The standard InChI is InChI=1S/C33H40F3N5O3/c1-20-13-24(40-32(42)44-33(2,3)4)19-41(18-20)29-7-10-37-17-28(29)38-16-23-5-6-25(34)31(39-23)30-26(35)14-22(15-27(30)36)21-8-11-43-12-9-21/h5-7,10,14-15,17,20-21,24,38H,8-9,11-13,16,18-19H2,1-4H3,(H,40,42). The lowest BCUT2D eigenvalue weighted by molar-refractivity contribution is 0.0495. The summed E-state index contributed by atoms with van der Waals surface area (Å²) in [5, 5.41) is 6.30. The van der Waals surface area contributed by atoms with Gasteiger partial charge in [-0.1, -0.05) is 6.92 Å². The van der Waals surface area contributed by atoms with Crippen LogP contribution in [0.25, 0.3) is 11.3 Å². The van der Waals surface area contributed by atoms with Crippen LogP contribution in [0.1, 0.15) is 64.1 Å². The minimum atomic E-state index is -0.841. The van der Waals surface area contributed by atoms with E-state index in [4.69, 9.17) is 9.47 Å². The van der Waals surface area contributed by atoms with Crippen molar-refractivity contribution in [3.8, 4) is 11.3 Å². The van der Waals surface area contributed by atoms with Crippen LogP contribution in [-0.2, 0) is 16.0 Å². The molecule has 2 saturated heterocycles. The van der Waals surface area contributed by atoms with Gasteiger partial charge >= 0.3 is 6.09 Å². The van der Waals surface area contributed by atoms with Gasteiger partial charge in [0.05, 0.1) is 35.4 Å². The molecular formula is C33H40F3N5O3. The zero-order chi connectivity index (χ0) is 31.4. The minimum absolute atomic E-state index is 0.00456. The van der Waals surface area contributed by atoms with Gasteiger partial charge in [0.15, 0.2) is 0 Å². The molecule has 0 spiro atoms. The molecule has 0 aliphatic carbocycles. The molecule has 236 valence electrons. The number of alkyl carbamates (subject to hydrolysis) is 1. The molecule has 2 atom stereocenters. The smallest absolute Gasteiger partial charge is 0.407 e. The van der Waals surface area contributed by atoms with E-state index in [0.717, 1.165) is 18.7 Å². The van der Waals surface area contributed by atoms with Crippen molar-refractivity contribution >= 4 is 17.5 Å². The summed E-state index contributed by atoms with van der Waals surface area (Å²) in [6.45, 7) is 10.2. The first kappa shape index (κ1) is 31.6. The highest BCUT2D eigenvalue weighted by molar-refractivity contribution is 5.71. The van der Waals surface area contributed by atoms with Gasteiger partial charge in [-0.25, -0.2) is 22.9 Å². The van der Waals surface area contributed by atoms with E-state index in [1.165, 1.54) is 24.3 Å². The maximum absolute atomic E-state index is 15.3. The lowest BCUT2D eigenvalue weighted by Gasteiger charge is -2.39. The number of amides is 1. The number of nitrogens with zero attached hydrogens (tertiary/aromatic N) is 3. The summed E-state index contributed by atoms with van der Waals surface area (Å²) in [4.78, 5) is 23.2. The molecule has 2 aliphatic heterocycles. The van der Waals surface area contributed by atoms with Crippen LogP contribution in [0.5, 0.6) is 0 Å². The SMILES string of the molecule is CC1CC(NC(=O)OC(C)(C)C)CN(c2ccncc2NCc2ccc(F)c(-c3c(F)cc(C4CCOCC4)cc3F)n2)C1. The van der Waals surface area contributed by atoms with Crippen LogP contribution < -0.4 is 15.5 Å². The van der Waals surface area contributed by atoms with Crippen molar-refractivity contribution in [3.63, 3.8) is 0 Å².